The van der Waals surface area contributed by atoms with Crippen molar-refractivity contribution in [1.82, 2.24) is 10.6 Å². The highest BCUT2D eigenvalue weighted by Gasteiger charge is 2.26. The average Bonchev–Trinajstić information content (AvgIpc) is 3.03. The van der Waals surface area contributed by atoms with Gasteiger partial charge >= 0.3 is 0 Å². The highest BCUT2D eigenvalue weighted by atomic mass is 16.1. The first kappa shape index (κ1) is 15.3. The lowest BCUT2D eigenvalue weighted by Gasteiger charge is -2.11. The molecule has 2 N–H and O–H groups in total. The molecule has 1 aliphatic rings. The van der Waals surface area contributed by atoms with Gasteiger partial charge < -0.3 is 10.6 Å². The van der Waals surface area contributed by atoms with E-state index < -0.39 is 0 Å². The zero-order chi connectivity index (χ0) is 16.1. The highest BCUT2D eigenvalue weighted by Crippen LogP contribution is 2.26. The van der Waals surface area contributed by atoms with Crippen molar-refractivity contribution in [3.63, 3.8) is 0 Å². The maximum atomic E-state index is 12.3. The van der Waals surface area contributed by atoms with Crippen LogP contribution in [0.2, 0.25) is 0 Å². The topological polar surface area (TPSA) is 58.2 Å². The van der Waals surface area contributed by atoms with Crippen LogP contribution in [0.15, 0.2) is 48.5 Å². The minimum absolute atomic E-state index is 0.0449. The number of nitrogens with one attached hydrogen (secondary N) is 2. The van der Waals surface area contributed by atoms with Crippen LogP contribution >= 0.6 is 0 Å². The molecular weight excluding hydrogens is 288 g/mol. The summed E-state index contributed by atoms with van der Waals surface area (Å²) in [7, 11) is 0. The maximum absolute atomic E-state index is 12.3. The SMILES string of the molecule is O=CNCc1ccc(CNC(=O)C2Cc3ccccc3C2)cc1. The van der Waals surface area contributed by atoms with Gasteiger partial charge in [-0.3, -0.25) is 9.59 Å². The molecule has 2 aromatic carbocycles. The molecule has 0 bridgehead atoms. The van der Waals surface area contributed by atoms with Crippen molar-refractivity contribution >= 4 is 12.3 Å². The number of hydrogen-bond donors (Lipinski definition) is 2. The van der Waals surface area contributed by atoms with Crippen LogP contribution in [0.25, 0.3) is 0 Å². The van der Waals surface area contributed by atoms with Gasteiger partial charge in [-0.2, -0.15) is 0 Å². The first-order valence-corrected chi connectivity index (χ1v) is 7.85. The largest absolute Gasteiger partial charge is 0.355 e. The maximum Gasteiger partial charge on any atom is 0.224 e. The molecule has 0 radical (unpaired) electrons. The predicted octanol–water partition coefficient (Wildman–Crippen LogP) is 1.96. The second kappa shape index (κ2) is 7.09. The number of carbonyl (C=O) groups excluding carboxylic acids is 2. The third kappa shape index (κ3) is 3.77. The Morgan fingerprint density at radius 2 is 1.52 bits per heavy atom. The average molecular weight is 308 g/mol. The van der Waals surface area contributed by atoms with Crippen molar-refractivity contribution in [3.8, 4) is 0 Å². The fourth-order valence-electron chi connectivity index (χ4n) is 3.01. The van der Waals surface area contributed by atoms with Crippen LogP contribution in [0.5, 0.6) is 0 Å². The molecule has 0 unspecified atom stereocenters. The third-order valence-corrected chi connectivity index (χ3v) is 4.30. The minimum atomic E-state index is 0.0449. The summed E-state index contributed by atoms with van der Waals surface area (Å²) in [4.78, 5) is 22.6. The van der Waals surface area contributed by atoms with E-state index in [-0.39, 0.29) is 11.8 Å². The molecular formula is C19H20N2O2. The number of amides is 2. The van der Waals surface area contributed by atoms with Crippen molar-refractivity contribution in [1.29, 1.82) is 0 Å². The molecule has 23 heavy (non-hydrogen) atoms. The third-order valence-electron chi connectivity index (χ3n) is 4.30. The summed E-state index contributed by atoms with van der Waals surface area (Å²) in [6.45, 7) is 1.06. The molecule has 0 saturated carbocycles. The van der Waals surface area contributed by atoms with Crippen LogP contribution in [-0.4, -0.2) is 12.3 Å². The molecule has 0 fully saturated rings. The van der Waals surface area contributed by atoms with Gasteiger partial charge in [0, 0.05) is 19.0 Å². The Hall–Kier alpha value is -2.62. The van der Waals surface area contributed by atoms with Crippen molar-refractivity contribution < 1.29 is 9.59 Å². The number of carbonyl (C=O) groups is 2. The molecule has 118 valence electrons. The Morgan fingerprint density at radius 3 is 2.09 bits per heavy atom. The molecule has 0 heterocycles. The summed E-state index contributed by atoms with van der Waals surface area (Å²) >= 11 is 0. The molecule has 4 nitrogen and oxygen atoms in total. The summed E-state index contributed by atoms with van der Waals surface area (Å²) in [6.07, 6.45) is 2.35. The van der Waals surface area contributed by atoms with E-state index in [0.29, 0.717) is 19.5 Å². The predicted molar refractivity (Wildman–Crippen MR) is 88.5 cm³/mol. The summed E-state index contributed by atoms with van der Waals surface area (Å²) in [5.74, 6) is 0.163. The standard InChI is InChI=1S/C19H20N2O2/c22-13-20-11-14-5-7-15(8-6-14)12-21-19(23)18-9-16-3-1-2-4-17(16)10-18/h1-8,13,18H,9-12H2,(H,20,22)(H,21,23). The fraction of sp³-hybridized carbons (Fsp3) is 0.263. The first-order chi connectivity index (χ1) is 11.3. The number of hydrogen-bond acceptors (Lipinski definition) is 2. The quantitative estimate of drug-likeness (QED) is 0.802. The van der Waals surface area contributed by atoms with Gasteiger partial charge in [-0.15, -0.1) is 0 Å². The molecule has 2 amide bonds. The second-order valence-electron chi connectivity index (χ2n) is 5.91. The van der Waals surface area contributed by atoms with Crippen LogP contribution in [-0.2, 0) is 35.5 Å². The van der Waals surface area contributed by atoms with Gasteiger partial charge in [0.2, 0.25) is 12.3 Å². The molecule has 1 aliphatic carbocycles. The van der Waals surface area contributed by atoms with E-state index in [9.17, 15) is 9.59 Å². The van der Waals surface area contributed by atoms with Gasteiger partial charge in [0.1, 0.15) is 0 Å². The Kier molecular flexibility index (Phi) is 4.71. The number of fused-ring (bicyclic) bond motifs is 1. The van der Waals surface area contributed by atoms with Crippen molar-refractivity contribution in [2.45, 2.75) is 25.9 Å². The molecule has 0 aliphatic heterocycles. The van der Waals surface area contributed by atoms with Gasteiger partial charge in [0.25, 0.3) is 0 Å². The molecule has 0 saturated heterocycles. The van der Waals surface area contributed by atoms with Gasteiger partial charge in [-0.25, -0.2) is 0 Å². The summed E-state index contributed by atoms with van der Waals surface area (Å²) in [5.41, 5.74) is 4.68. The van der Waals surface area contributed by atoms with Crippen LogP contribution < -0.4 is 10.6 Å². The fourth-order valence-corrected chi connectivity index (χ4v) is 3.01. The zero-order valence-corrected chi connectivity index (χ0v) is 12.9. The summed E-state index contributed by atoms with van der Waals surface area (Å²) in [6, 6.07) is 16.1. The smallest absolute Gasteiger partial charge is 0.224 e. The van der Waals surface area contributed by atoms with E-state index in [1.54, 1.807) is 0 Å². The molecule has 4 heteroatoms. The number of rotatable bonds is 6. The van der Waals surface area contributed by atoms with Crippen LogP contribution in [0, 0.1) is 5.92 Å². The lowest BCUT2D eigenvalue weighted by Crippen LogP contribution is -2.30. The van der Waals surface area contributed by atoms with E-state index in [4.69, 9.17) is 0 Å². The van der Waals surface area contributed by atoms with Gasteiger partial charge in [-0.05, 0) is 35.1 Å². The lowest BCUT2D eigenvalue weighted by molar-refractivity contribution is -0.124. The van der Waals surface area contributed by atoms with Gasteiger partial charge in [0.05, 0.1) is 0 Å². The van der Waals surface area contributed by atoms with Crippen LogP contribution in [0.4, 0.5) is 0 Å². The summed E-state index contributed by atoms with van der Waals surface area (Å²) in [5, 5.41) is 5.66. The first-order valence-electron chi connectivity index (χ1n) is 7.85. The minimum Gasteiger partial charge on any atom is -0.355 e. The summed E-state index contributed by atoms with van der Waals surface area (Å²) < 4.78 is 0. The van der Waals surface area contributed by atoms with E-state index in [1.807, 2.05) is 36.4 Å². The molecule has 0 atom stereocenters. The van der Waals surface area contributed by atoms with Crippen LogP contribution in [0.3, 0.4) is 0 Å². The van der Waals surface area contributed by atoms with E-state index in [0.717, 1.165) is 24.0 Å². The second-order valence-corrected chi connectivity index (χ2v) is 5.91. The van der Waals surface area contributed by atoms with Crippen molar-refractivity contribution in [2.75, 3.05) is 0 Å². The molecule has 0 aromatic heterocycles. The zero-order valence-electron chi connectivity index (χ0n) is 12.9. The molecule has 0 spiro atoms. The van der Waals surface area contributed by atoms with Gasteiger partial charge in [-0.1, -0.05) is 48.5 Å². The van der Waals surface area contributed by atoms with E-state index in [1.165, 1.54) is 11.1 Å². The van der Waals surface area contributed by atoms with E-state index in [2.05, 4.69) is 22.8 Å². The van der Waals surface area contributed by atoms with Crippen LogP contribution in [0.1, 0.15) is 22.3 Å². The lowest BCUT2D eigenvalue weighted by atomic mass is 10.1. The highest BCUT2D eigenvalue weighted by molar-refractivity contribution is 5.80. The van der Waals surface area contributed by atoms with E-state index >= 15 is 0 Å². The Morgan fingerprint density at radius 1 is 0.957 bits per heavy atom. The van der Waals surface area contributed by atoms with Crippen molar-refractivity contribution in [3.05, 3.63) is 70.8 Å². The Balaban J connectivity index is 1.51. The monoisotopic (exact) mass is 308 g/mol. The number of benzene rings is 2. The van der Waals surface area contributed by atoms with Crippen molar-refractivity contribution in [2.24, 2.45) is 5.92 Å². The Labute approximate surface area is 135 Å². The normalized spacial score (nSPS) is 13.4. The van der Waals surface area contributed by atoms with Gasteiger partial charge in [0.15, 0.2) is 0 Å². The Bertz CT molecular complexity index is 670. The molecule has 2 aromatic rings. The molecule has 3 rings (SSSR count).